The van der Waals surface area contributed by atoms with E-state index in [-0.39, 0.29) is 5.56 Å². The Morgan fingerprint density at radius 2 is 1.38 bits per heavy atom. The van der Waals surface area contributed by atoms with Crippen molar-refractivity contribution in [1.29, 1.82) is 0 Å². The van der Waals surface area contributed by atoms with Crippen LogP contribution in [0.1, 0.15) is 0 Å². The van der Waals surface area contributed by atoms with Crippen LogP contribution in [-0.4, -0.2) is 4.98 Å². The molecule has 0 bridgehead atoms. The van der Waals surface area contributed by atoms with Gasteiger partial charge >= 0.3 is 0 Å². The van der Waals surface area contributed by atoms with E-state index in [0.717, 1.165) is 36.5 Å². The Labute approximate surface area is 152 Å². The SMILES string of the molecule is O=c1[nH]c2c3ccc4ccccc4c3ccc2c2c1sc1ccccc12. The summed E-state index contributed by atoms with van der Waals surface area (Å²) in [5.74, 6) is 0. The second kappa shape index (κ2) is 4.93. The molecule has 0 aliphatic rings. The summed E-state index contributed by atoms with van der Waals surface area (Å²) in [6, 6.07) is 25.2. The molecule has 2 heterocycles. The Hall–Kier alpha value is -3.17. The second-order valence-electron chi connectivity index (χ2n) is 6.63. The van der Waals surface area contributed by atoms with Crippen LogP contribution in [0.15, 0.2) is 77.6 Å². The minimum atomic E-state index is -0.00522. The van der Waals surface area contributed by atoms with Crippen LogP contribution in [-0.2, 0) is 0 Å². The second-order valence-corrected chi connectivity index (χ2v) is 7.68. The zero-order valence-electron chi connectivity index (χ0n) is 13.7. The highest BCUT2D eigenvalue weighted by atomic mass is 32.1. The number of rotatable bonds is 0. The van der Waals surface area contributed by atoms with Crippen molar-refractivity contribution >= 4 is 64.0 Å². The molecule has 4 aromatic carbocycles. The molecule has 0 radical (unpaired) electrons. The lowest BCUT2D eigenvalue weighted by Crippen LogP contribution is -2.04. The molecule has 0 spiro atoms. The van der Waals surface area contributed by atoms with Crippen LogP contribution in [0.2, 0.25) is 0 Å². The van der Waals surface area contributed by atoms with Crippen molar-refractivity contribution in [1.82, 2.24) is 4.98 Å². The van der Waals surface area contributed by atoms with Gasteiger partial charge in [0.1, 0.15) is 4.70 Å². The van der Waals surface area contributed by atoms with Gasteiger partial charge in [0, 0.05) is 26.2 Å². The zero-order chi connectivity index (χ0) is 17.3. The molecule has 2 aromatic heterocycles. The molecule has 6 aromatic rings. The smallest absolute Gasteiger partial charge is 0.266 e. The van der Waals surface area contributed by atoms with E-state index in [1.54, 1.807) is 11.3 Å². The van der Waals surface area contributed by atoms with E-state index in [2.05, 4.69) is 65.6 Å². The topological polar surface area (TPSA) is 32.9 Å². The number of aromatic amines is 1. The molecule has 0 amide bonds. The van der Waals surface area contributed by atoms with Gasteiger partial charge in [0.15, 0.2) is 0 Å². The Bertz CT molecular complexity index is 1560. The van der Waals surface area contributed by atoms with Crippen LogP contribution < -0.4 is 5.56 Å². The summed E-state index contributed by atoms with van der Waals surface area (Å²) in [4.78, 5) is 16.0. The number of pyridine rings is 1. The van der Waals surface area contributed by atoms with Gasteiger partial charge in [-0.1, -0.05) is 66.7 Å². The average molecular weight is 351 g/mol. The molecule has 0 atom stereocenters. The fourth-order valence-corrected chi connectivity index (χ4v) is 5.19. The lowest BCUT2D eigenvalue weighted by molar-refractivity contribution is 1.37. The predicted octanol–water partition coefficient (Wildman–Crippen LogP) is 6.20. The number of benzene rings is 4. The summed E-state index contributed by atoms with van der Waals surface area (Å²) >= 11 is 1.57. The number of hydrogen-bond acceptors (Lipinski definition) is 2. The van der Waals surface area contributed by atoms with Gasteiger partial charge in [-0.2, -0.15) is 0 Å². The monoisotopic (exact) mass is 351 g/mol. The Morgan fingerprint density at radius 3 is 2.31 bits per heavy atom. The van der Waals surface area contributed by atoms with Crippen molar-refractivity contribution < 1.29 is 0 Å². The van der Waals surface area contributed by atoms with Gasteiger partial charge < -0.3 is 4.98 Å². The largest absolute Gasteiger partial charge is 0.320 e. The van der Waals surface area contributed by atoms with E-state index in [4.69, 9.17) is 0 Å². The van der Waals surface area contributed by atoms with E-state index >= 15 is 0 Å². The molecule has 0 fully saturated rings. The van der Waals surface area contributed by atoms with Crippen molar-refractivity contribution in [3.63, 3.8) is 0 Å². The molecule has 0 aliphatic heterocycles. The third-order valence-electron chi connectivity index (χ3n) is 5.24. The average Bonchev–Trinajstić information content (AvgIpc) is 3.08. The van der Waals surface area contributed by atoms with Crippen molar-refractivity contribution in [3.05, 3.63) is 83.2 Å². The Balaban J connectivity index is 1.92. The van der Waals surface area contributed by atoms with E-state index in [9.17, 15) is 4.79 Å². The number of thiophene rings is 1. The van der Waals surface area contributed by atoms with Crippen LogP contribution in [0.4, 0.5) is 0 Å². The molecule has 2 nitrogen and oxygen atoms in total. The number of fused-ring (bicyclic) bond motifs is 9. The van der Waals surface area contributed by atoms with E-state index in [1.165, 1.54) is 16.2 Å². The van der Waals surface area contributed by atoms with Gasteiger partial charge in [0.05, 0.1) is 5.52 Å². The summed E-state index contributed by atoms with van der Waals surface area (Å²) in [5, 5.41) is 8.02. The number of aromatic nitrogens is 1. The third kappa shape index (κ3) is 1.73. The standard InChI is InChI=1S/C23H13NOS/c25-23-22-20(17-7-3-4-8-19(17)26-22)18-12-11-15-14-6-2-1-5-13(14)9-10-16(15)21(18)24-23/h1-12H,(H,24,25). The van der Waals surface area contributed by atoms with Crippen LogP contribution in [0.25, 0.3) is 52.6 Å². The maximum Gasteiger partial charge on any atom is 0.266 e. The molecular formula is C23H13NOS. The lowest BCUT2D eigenvalue weighted by atomic mass is 9.98. The van der Waals surface area contributed by atoms with Gasteiger partial charge in [-0.25, -0.2) is 0 Å². The molecule has 122 valence electrons. The Morgan fingerprint density at radius 1 is 0.654 bits per heavy atom. The molecule has 1 N–H and O–H groups in total. The van der Waals surface area contributed by atoms with Gasteiger partial charge in [0.25, 0.3) is 5.56 Å². The molecule has 0 saturated heterocycles. The first-order valence-corrected chi connectivity index (χ1v) is 9.40. The first kappa shape index (κ1) is 14.0. The van der Waals surface area contributed by atoms with E-state index < -0.39 is 0 Å². The summed E-state index contributed by atoms with van der Waals surface area (Å²) in [6.45, 7) is 0. The molecule has 0 saturated carbocycles. The van der Waals surface area contributed by atoms with Crippen molar-refractivity contribution in [2.45, 2.75) is 0 Å². The maximum atomic E-state index is 12.8. The molecule has 3 heteroatoms. The third-order valence-corrected chi connectivity index (χ3v) is 6.41. The number of hydrogen-bond donors (Lipinski definition) is 1. The minimum Gasteiger partial charge on any atom is -0.320 e. The summed E-state index contributed by atoms with van der Waals surface area (Å²) < 4.78 is 1.96. The Kier molecular flexibility index (Phi) is 2.66. The van der Waals surface area contributed by atoms with Crippen LogP contribution in [0.3, 0.4) is 0 Å². The lowest BCUT2D eigenvalue weighted by Gasteiger charge is -2.08. The van der Waals surface area contributed by atoms with Crippen LogP contribution >= 0.6 is 11.3 Å². The van der Waals surface area contributed by atoms with Crippen LogP contribution in [0.5, 0.6) is 0 Å². The molecule has 6 rings (SSSR count). The van der Waals surface area contributed by atoms with Crippen molar-refractivity contribution in [2.24, 2.45) is 0 Å². The summed E-state index contributed by atoms with van der Waals surface area (Å²) in [5.41, 5.74) is 0.920. The fourth-order valence-electron chi connectivity index (χ4n) is 4.07. The first-order chi connectivity index (χ1) is 12.8. The highest BCUT2D eigenvalue weighted by Crippen LogP contribution is 2.38. The van der Waals surface area contributed by atoms with E-state index in [1.807, 2.05) is 12.1 Å². The zero-order valence-corrected chi connectivity index (χ0v) is 14.6. The molecule has 26 heavy (non-hydrogen) atoms. The summed E-state index contributed by atoms with van der Waals surface area (Å²) in [7, 11) is 0. The summed E-state index contributed by atoms with van der Waals surface area (Å²) in [6.07, 6.45) is 0. The normalized spacial score (nSPS) is 12.0. The highest BCUT2D eigenvalue weighted by molar-refractivity contribution is 7.26. The predicted molar refractivity (Wildman–Crippen MR) is 112 cm³/mol. The van der Waals surface area contributed by atoms with Crippen molar-refractivity contribution in [3.8, 4) is 0 Å². The minimum absolute atomic E-state index is 0.00522. The molecule has 0 unspecified atom stereocenters. The maximum absolute atomic E-state index is 12.8. The molecular weight excluding hydrogens is 338 g/mol. The van der Waals surface area contributed by atoms with Gasteiger partial charge in [-0.3, -0.25) is 4.79 Å². The first-order valence-electron chi connectivity index (χ1n) is 8.59. The van der Waals surface area contributed by atoms with Gasteiger partial charge in [-0.05, 0) is 22.2 Å². The number of nitrogens with one attached hydrogen (secondary N) is 1. The van der Waals surface area contributed by atoms with Gasteiger partial charge in [-0.15, -0.1) is 11.3 Å². The fraction of sp³-hybridized carbons (Fsp3) is 0. The van der Waals surface area contributed by atoms with Gasteiger partial charge in [0.2, 0.25) is 0 Å². The number of H-pyrrole nitrogens is 1. The quantitative estimate of drug-likeness (QED) is 0.325. The van der Waals surface area contributed by atoms with Crippen LogP contribution in [0, 0.1) is 0 Å². The van der Waals surface area contributed by atoms with E-state index in [0.29, 0.717) is 0 Å². The molecule has 0 aliphatic carbocycles. The highest BCUT2D eigenvalue weighted by Gasteiger charge is 2.14. The van der Waals surface area contributed by atoms with Crippen molar-refractivity contribution in [2.75, 3.05) is 0 Å².